The van der Waals surface area contributed by atoms with Crippen LogP contribution in [0.3, 0.4) is 0 Å². The van der Waals surface area contributed by atoms with Crippen LogP contribution in [-0.4, -0.2) is 56.2 Å². The average Bonchev–Trinajstić information content (AvgIpc) is 2.41. The summed E-state index contributed by atoms with van der Waals surface area (Å²) in [5.41, 5.74) is 0. The number of piperidine rings is 1. The van der Waals surface area contributed by atoms with Gasteiger partial charge in [-0.2, -0.15) is 13.2 Å². The van der Waals surface area contributed by atoms with Gasteiger partial charge in [0.05, 0.1) is 0 Å². The summed E-state index contributed by atoms with van der Waals surface area (Å²) < 4.78 is 41.6. The SMILES string of the molecule is COCCCNC(=O)C1CCN(C(=O)C(F)(F)F)CC1. The molecule has 5 nitrogen and oxygen atoms in total. The fourth-order valence-electron chi connectivity index (χ4n) is 2.10. The van der Waals surface area contributed by atoms with E-state index in [1.54, 1.807) is 7.11 Å². The highest BCUT2D eigenvalue weighted by Gasteiger charge is 2.43. The number of hydrogen-bond acceptors (Lipinski definition) is 3. The maximum atomic E-state index is 12.2. The number of ether oxygens (including phenoxy) is 1. The molecule has 0 radical (unpaired) electrons. The number of nitrogens with zero attached hydrogens (tertiary/aromatic N) is 1. The van der Waals surface area contributed by atoms with Crippen LogP contribution in [0.1, 0.15) is 19.3 Å². The summed E-state index contributed by atoms with van der Waals surface area (Å²) in [5.74, 6) is -2.31. The Morgan fingerprint density at radius 2 is 1.90 bits per heavy atom. The maximum Gasteiger partial charge on any atom is 0.471 e. The minimum Gasteiger partial charge on any atom is -0.385 e. The van der Waals surface area contributed by atoms with Crippen molar-refractivity contribution in [2.75, 3.05) is 33.4 Å². The van der Waals surface area contributed by atoms with Crippen molar-refractivity contribution >= 4 is 11.8 Å². The predicted molar refractivity (Wildman–Crippen MR) is 64.9 cm³/mol. The quantitative estimate of drug-likeness (QED) is 0.768. The summed E-state index contributed by atoms with van der Waals surface area (Å²) in [5, 5.41) is 2.72. The van der Waals surface area contributed by atoms with Crippen LogP contribution in [0.5, 0.6) is 0 Å². The Morgan fingerprint density at radius 3 is 2.40 bits per heavy atom. The van der Waals surface area contributed by atoms with Gasteiger partial charge in [-0.05, 0) is 19.3 Å². The Morgan fingerprint density at radius 1 is 1.30 bits per heavy atom. The average molecular weight is 296 g/mol. The summed E-state index contributed by atoms with van der Waals surface area (Å²) in [7, 11) is 1.56. The molecule has 1 fully saturated rings. The minimum atomic E-state index is -4.84. The van der Waals surface area contributed by atoms with Crippen molar-refractivity contribution in [3.63, 3.8) is 0 Å². The van der Waals surface area contributed by atoms with Gasteiger partial charge in [-0.15, -0.1) is 0 Å². The molecule has 0 unspecified atom stereocenters. The summed E-state index contributed by atoms with van der Waals surface area (Å²) >= 11 is 0. The van der Waals surface area contributed by atoms with Crippen LogP contribution in [-0.2, 0) is 14.3 Å². The lowest BCUT2D eigenvalue weighted by molar-refractivity contribution is -0.186. The van der Waals surface area contributed by atoms with Crippen LogP contribution in [0, 0.1) is 5.92 Å². The van der Waals surface area contributed by atoms with Gasteiger partial charge < -0.3 is 15.0 Å². The zero-order valence-corrected chi connectivity index (χ0v) is 11.3. The second-order valence-electron chi connectivity index (χ2n) is 4.70. The van der Waals surface area contributed by atoms with Gasteiger partial charge in [0.15, 0.2) is 0 Å². The lowest BCUT2D eigenvalue weighted by atomic mass is 9.96. The molecular weight excluding hydrogens is 277 g/mol. The third kappa shape index (κ3) is 4.99. The third-order valence-corrected chi connectivity index (χ3v) is 3.22. The number of alkyl halides is 3. The maximum absolute atomic E-state index is 12.2. The van der Waals surface area contributed by atoms with Gasteiger partial charge in [0.1, 0.15) is 0 Å². The van der Waals surface area contributed by atoms with Crippen LogP contribution in [0.25, 0.3) is 0 Å². The van der Waals surface area contributed by atoms with E-state index in [2.05, 4.69) is 5.32 Å². The summed E-state index contributed by atoms with van der Waals surface area (Å²) in [6.07, 6.45) is -3.63. The molecule has 0 saturated carbocycles. The molecule has 116 valence electrons. The molecule has 0 aromatic carbocycles. The zero-order valence-electron chi connectivity index (χ0n) is 11.3. The first-order chi connectivity index (χ1) is 9.36. The lowest BCUT2D eigenvalue weighted by Gasteiger charge is -2.31. The number of carbonyl (C=O) groups is 2. The molecule has 1 rings (SSSR count). The molecule has 0 aromatic heterocycles. The number of likely N-dealkylation sites (tertiary alicyclic amines) is 1. The molecule has 0 bridgehead atoms. The van der Waals surface area contributed by atoms with Gasteiger partial charge in [0.25, 0.3) is 0 Å². The van der Waals surface area contributed by atoms with Crippen molar-refractivity contribution in [1.29, 1.82) is 0 Å². The molecule has 1 aliphatic rings. The first-order valence-corrected chi connectivity index (χ1v) is 6.49. The molecule has 0 aliphatic carbocycles. The summed E-state index contributed by atoms with van der Waals surface area (Å²) in [4.78, 5) is 23.5. The van der Waals surface area contributed by atoms with E-state index in [9.17, 15) is 22.8 Å². The Labute approximate surface area is 115 Å². The molecule has 20 heavy (non-hydrogen) atoms. The van der Waals surface area contributed by atoms with E-state index >= 15 is 0 Å². The van der Waals surface area contributed by atoms with Crippen molar-refractivity contribution in [3.05, 3.63) is 0 Å². The second kappa shape index (κ2) is 7.47. The van der Waals surface area contributed by atoms with Crippen molar-refractivity contribution in [2.45, 2.75) is 25.4 Å². The Hall–Kier alpha value is -1.31. The number of hydrogen-bond donors (Lipinski definition) is 1. The van der Waals surface area contributed by atoms with Gasteiger partial charge in [-0.1, -0.05) is 0 Å². The predicted octanol–water partition coefficient (Wildman–Crippen LogP) is 0.940. The van der Waals surface area contributed by atoms with E-state index in [1.165, 1.54) is 0 Å². The number of carbonyl (C=O) groups excluding carboxylic acids is 2. The van der Waals surface area contributed by atoms with E-state index in [-0.39, 0.29) is 37.8 Å². The number of amides is 2. The van der Waals surface area contributed by atoms with Gasteiger partial charge in [0, 0.05) is 39.3 Å². The smallest absolute Gasteiger partial charge is 0.385 e. The standard InChI is InChI=1S/C12H19F3N2O3/c1-20-8-2-5-16-10(18)9-3-6-17(7-4-9)11(19)12(13,14)15/h9H,2-8H2,1H3,(H,16,18). The monoisotopic (exact) mass is 296 g/mol. The topological polar surface area (TPSA) is 58.6 Å². The van der Waals surface area contributed by atoms with E-state index in [0.717, 1.165) is 4.90 Å². The molecule has 0 spiro atoms. The third-order valence-electron chi connectivity index (χ3n) is 3.22. The molecular formula is C12H19F3N2O3. The normalized spacial score (nSPS) is 17.1. The highest BCUT2D eigenvalue weighted by atomic mass is 19.4. The molecule has 1 N–H and O–H groups in total. The Kier molecular flexibility index (Phi) is 6.25. The van der Waals surface area contributed by atoms with E-state index in [1.807, 2.05) is 0 Å². The zero-order chi connectivity index (χ0) is 15.2. The molecule has 0 aromatic rings. The fraction of sp³-hybridized carbons (Fsp3) is 0.833. The molecule has 2 amide bonds. The molecule has 1 heterocycles. The van der Waals surface area contributed by atoms with Crippen LogP contribution in [0.4, 0.5) is 13.2 Å². The van der Waals surface area contributed by atoms with Crippen molar-refractivity contribution in [3.8, 4) is 0 Å². The van der Waals surface area contributed by atoms with Crippen LogP contribution in [0.2, 0.25) is 0 Å². The Balaban J connectivity index is 2.31. The lowest BCUT2D eigenvalue weighted by Crippen LogP contribution is -2.47. The van der Waals surface area contributed by atoms with Crippen LogP contribution < -0.4 is 5.32 Å². The highest BCUT2D eigenvalue weighted by molar-refractivity contribution is 5.83. The number of rotatable bonds is 5. The van der Waals surface area contributed by atoms with Crippen molar-refractivity contribution < 1.29 is 27.5 Å². The Bertz CT molecular complexity index is 339. The van der Waals surface area contributed by atoms with E-state index in [4.69, 9.17) is 4.74 Å². The van der Waals surface area contributed by atoms with E-state index in [0.29, 0.717) is 19.6 Å². The molecule has 1 aliphatic heterocycles. The summed E-state index contributed by atoms with van der Waals surface area (Å²) in [6, 6.07) is 0. The van der Waals surface area contributed by atoms with Gasteiger partial charge in [-0.25, -0.2) is 0 Å². The number of halogens is 3. The minimum absolute atomic E-state index is 0.0332. The van der Waals surface area contributed by atoms with Gasteiger partial charge >= 0.3 is 12.1 Å². The van der Waals surface area contributed by atoms with Crippen LogP contribution >= 0.6 is 0 Å². The molecule has 1 saturated heterocycles. The fourth-order valence-corrected chi connectivity index (χ4v) is 2.10. The van der Waals surface area contributed by atoms with E-state index < -0.39 is 12.1 Å². The number of methoxy groups -OCH3 is 1. The largest absolute Gasteiger partial charge is 0.471 e. The summed E-state index contributed by atoms with van der Waals surface area (Å²) in [6.45, 7) is 0.955. The van der Waals surface area contributed by atoms with Crippen molar-refractivity contribution in [2.24, 2.45) is 5.92 Å². The molecule has 8 heteroatoms. The molecule has 0 atom stereocenters. The van der Waals surface area contributed by atoms with Crippen LogP contribution in [0.15, 0.2) is 0 Å². The van der Waals surface area contributed by atoms with Gasteiger partial charge in [-0.3, -0.25) is 9.59 Å². The first-order valence-electron chi connectivity index (χ1n) is 6.49. The first kappa shape index (κ1) is 16.7. The second-order valence-corrected chi connectivity index (χ2v) is 4.70. The number of nitrogens with one attached hydrogen (secondary N) is 1. The van der Waals surface area contributed by atoms with Crippen molar-refractivity contribution in [1.82, 2.24) is 10.2 Å². The van der Waals surface area contributed by atoms with Gasteiger partial charge in [0.2, 0.25) is 5.91 Å². The highest BCUT2D eigenvalue weighted by Crippen LogP contribution is 2.23.